The number of aromatic nitrogens is 1. The molecule has 0 radical (unpaired) electrons. The molecular weight excluding hydrogens is 258 g/mol. The maximum atomic E-state index is 12.6. The number of nitrogens with zero attached hydrogens (tertiary/aromatic N) is 2. The van der Waals surface area contributed by atoms with Gasteiger partial charge in [0.05, 0.1) is 12.1 Å². The first kappa shape index (κ1) is 13.1. The first-order chi connectivity index (χ1) is 9.29. The summed E-state index contributed by atoms with van der Waals surface area (Å²) in [6, 6.07) is 0.792. The van der Waals surface area contributed by atoms with Crippen LogP contribution in [-0.2, 0) is 4.79 Å². The standard InChI is InChI=1S/C14H21N3OS/c1-2-12(13-15-7-9-19-13)17-8-3-4-11(14(17)18)16-10-5-6-10/h7,9-12,16H,2-6,8H2,1H3. The second-order valence-electron chi connectivity index (χ2n) is 5.46. The number of hydrogen-bond acceptors (Lipinski definition) is 4. The lowest BCUT2D eigenvalue weighted by Gasteiger charge is -2.37. The monoisotopic (exact) mass is 279 g/mol. The molecule has 5 heteroatoms. The van der Waals surface area contributed by atoms with Gasteiger partial charge in [-0.25, -0.2) is 4.98 Å². The number of hydrogen-bond donors (Lipinski definition) is 1. The smallest absolute Gasteiger partial charge is 0.240 e. The van der Waals surface area contributed by atoms with Gasteiger partial charge in [-0.2, -0.15) is 0 Å². The first-order valence-electron chi connectivity index (χ1n) is 7.25. The molecule has 2 aliphatic rings. The average molecular weight is 279 g/mol. The quantitative estimate of drug-likeness (QED) is 0.900. The molecule has 2 unspecified atom stereocenters. The maximum Gasteiger partial charge on any atom is 0.240 e. The SMILES string of the molecule is CCC(c1nccs1)N1CCCC(NC2CC2)C1=O. The molecule has 2 fully saturated rings. The van der Waals surface area contributed by atoms with Crippen LogP contribution in [0.3, 0.4) is 0 Å². The van der Waals surface area contributed by atoms with Crippen LogP contribution < -0.4 is 5.32 Å². The van der Waals surface area contributed by atoms with Gasteiger partial charge in [-0.1, -0.05) is 6.92 Å². The zero-order valence-corrected chi connectivity index (χ0v) is 12.2. The molecule has 0 spiro atoms. The number of nitrogens with one attached hydrogen (secondary N) is 1. The van der Waals surface area contributed by atoms with Crippen molar-refractivity contribution in [3.63, 3.8) is 0 Å². The van der Waals surface area contributed by atoms with E-state index in [1.54, 1.807) is 11.3 Å². The number of carbonyl (C=O) groups excluding carboxylic acids is 1. The lowest BCUT2D eigenvalue weighted by atomic mass is 10.0. The molecule has 4 nitrogen and oxygen atoms in total. The molecule has 1 saturated carbocycles. The van der Waals surface area contributed by atoms with Gasteiger partial charge in [0.1, 0.15) is 5.01 Å². The van der Waals surface area contributed by atoms with E-state index in [1.165, 1.54) is 12.8 Å². The Morgan fingerprint density at radius 1 is 1.53 bits per heavy atom. The molecule has 1 aromatic rings. The van der Waals surface area contributed by atoms with E-state index in [0.29, 0.717) is 6.04 Å². The van der Waals surface area contributed by atoms with Crippen molar-refractivity contribution in [1.29, 1.82) is 0 Å². The Morgan fingerprint density at radius 2 is 2.37 bits per heavy atom. The Morgan fingerprint density at radius 3 is 3.00 bits per heavy atom. The molecule has 1 N–H and O–H groups in total. The third-order valence-corrected chi connectivity index (χ3v) is 4.86. The van der Waals surface area contributed by atoms with E-state index >= 15 is 0 Å². The van der Waals surface area contributed by atoms with Crippen molar-refractivity contribution in [2.24, 2.45) is 0 Å². The van der Waals surface area contributed by atoms with Crippen LogP contribution in [0.15, 0.2) is 11.6 Å². The van der Waals surface area contributed by atoms with Crippen molar-refractivity contribution < 1.29 is 4.79 Å². The van der Waals surface area contributed by atoms with Crippen LogP contribution in [0.1, 0.15) is 50.1 Å². The minimum Gasteiger partial charge on any atom is -0.332 e. The molecule has 2 atom stereocenters. The zero-order chi connectivity index (χ0) is 13.2. The van der Waals surface area contributed by atoms with E-state index in [2.05, 4.69) is 17.2 Å². The first-order valence-corrected chi connectivity index (χ1v) is 8.13. The van der Waals surface area contributed by atoms with Crippen LogP contribution in [0.4, 0.5) is 0 Å². The largest absolute Gasteiger partial charge is 0.332 e. The van der Waals surface area contributed by atoms with E-state index in [4.69, 9.17) is 0 Å². The topological polar surface area (TPSA) is 45.2 Å². The molecule has 1 amide bonds. The van der Waals surface area contributed by atoms with Crippen LogP contribution in [0.2, 0.25) is 0 Å². The van der Waals surface area contributed by atoms with E-state index in [1.807, 2.05) is 16.5 Å². The molecular formula is C14H21N3OS. The molecule has 0 bridgehead atoms. The lowest BCUT2D eigenvalue weighted by Crippen LogP contribution is -2.52. The maximum absolute atomic E-state index is 12.6. The fourth-order valence-electron chi connectivity index (χ4n) is 2.83. The van der Waals surface area contributed by atoms with Crippen molar-refractivity contribution in [1.82, 2.24) is 15.2 Å². The van der Waals surface area contributed by atoms with Gasteiger partial charge in [0.25, 0.3) is 0 Å². The fraction of sp³-hybridized carbons (Fsp3) is 0.714. The predicted octanol–water partition coefficient (Wildman–Crippen LogP) is 2.34. The average Bonchev–Trinajstić information content (AvgIpc) is 3.07. The fourth-order valence-corrected chi connectivity index (χ4v) is 3.66. The molecule has 104 valence electrons. The van der Waals surface area contributed by atoms with Crippen LogP contribution >= 0.6 is 11.3 Å². The molecule has 0 aromatic carbocycles. The van der Waals surface area contributed by atoms with Crippen molar-refractivity contribution in [2.75, 3.05) is 6.54 Å². The van der Waals surface area contributed by atoms with E-state index in [0.717, 1.165) is 30.8 Å². The number of carbonyl (C=O) groups is 1. The second kappa shape index (κ2) is 5.59. The molecule has 1 aliphatic carbocycles. The molecule has 3 rings (SSSR count). The van der Waals surface area contributed by atoms with Crippen molar-refractivity contribution >= 4 is 17.2 Å². The van der Waals surface area contributed by atoms with Crippen molar-refractivity contribution in [3.05, 3.63) is 16.6 Å². The molecule has 19 heavy (non-hydrogen) atoms. The predicted molar refractivity (Wildman–Crippen MR) is 76.0 cm³/mol. The van der Waals surface area contributed by atoms with Crippen LogP contribution in [-0.4, -0.2) is 34.4 Å². The Labute approximate surface area is 118 Å². The van der Waals surface area contributed by atoms with Gasteiger partial charge in [0.15, 0.2) is 0 Å². The van der Waals surface area contributed by atoms with Gasteiger partial charge in [0, 0.05) is 24.2 Å². The third kappa shape index (κ3) is 2.82. The Balaban J connectivity index is 1.72. The number of likely N-dealkylation sites (tertiary alicyclic amines) is 1. The highest BCUT2D eigenvalue weighted by molar-refractivity contribution is 7.09. The highest BCUT2D eigenvalue weighted by atomic mass is 32.1. The van der Waals surface area contributed by atoms with Crippen molar-refractivity contribution in [3.8, 4) is 0 Å². The van der Waals surface area contributed by atoms with Gasteiger partial charge in [0.2, 0.25) is 5.91 Å². The van der Waals surface area contributed by atoms with Crippen molar-refractivity contribution in [2.45, 2.75) is 57.2 Å². The number of piperidine rings is 1. The van der Waals surface area contributed by atoms with Crippen LogP contribution in [0.5, 0.6) is 0 Å². The highest BCUT2D eigenvalue weighted by Crippen LogP contribution is 2.30. The molecule has 1 saturated heterocycles. The summed E-state index contributed by atoms with van der Waals surface area (Å²) >= 11 is 1.65. The van der Waals surface area contributed by atoms with Gasteiger partial charge in [-0.15, -0.1) is 11.3 Å². The van der Waals surface area contributed by atoms with Gasteiger partial charge >= 0.3 is 0 Å². The Hall–Kier alpha value is -0.940. The summed E-state index contributed by atoms with van der Waals surface area (Å²) in [6.45, 7) is 3.01. The summed E-state index contributed by atoms with van der Waals surface area (Å²) in [4.78, 5) is 19.1. The normalized spacial score (nSPS) is 25.6. The van der Waals surface area contributed by atoms with Crippen LogP contribution in [0, 0.1) is 0 Å². The summed E-state index contributed by atoms with van der Waals surface area (Å²) in [7, 11) is 0. The number of amides is 1. The minimum atomic E-state index is 0.0373. The lowest BCUT2D eigenvalue weighted by molar-refractivity contribution is -0.138. The van der Waals surface area contributed by atoms with Gasteiger partial charge in [-0.05, 0) is 32.1 Å². The summed E-state index contributed by atoms with van der Waals surface area (Å²) in [5.74, 6) is 0.278. The number of thiazole rings is 1. The molecule has 1 aromatic heterocycles. The number of rotatable bonds is 5. The highest BCUT2D eigenvalue weighted by Gasteiger charge is 2.36. The van der Waals surface area contributed by atoms with Crippen LogP contribution in [0.25, 0.3) is 0 Å². The van der Waals surface area contributed by atoms with E-state index in [-0.39, 0.29) is 18.0 Å². The summed E-state index contributed by atoms with van der Waals surface area (Å²) in [5, 5.41) is 6.55. The van der Waals surface area contributed by atoms with Gasteiger partial charge in [-0.3, -0.25) is 4.79 Å². The second-order valence-corrected chi connectivity index (χ2v) is 6.39. The molecule has 2 heterocycles. The zero-order valence-electron chi connectivity index (χ0n) is 11.3. The minimum absolute atomic E-state index is 0.0373. The Kier molecular flexibility index (Phi) is 3.84. The summed E-state index contributed by atoms with van der Waals surface area (Å²) in [5.41, 5.74) is 0. The summed E-state index contributed by atoms with van der Waals surface area (Å²) < 4.78 is 0. The Bertz CT molecular complexity index is 430. The third-order valence-electron chi connectivity index (χ3n) is 3.99. The van der Waals surface area contributed by atoms with Gasteiger partial charge < -0.3 is 10.2 Å². The molecule has 1 aliphatic heterocycles. The van der Waals surface area contributed by atoms with E-state index < -0.39 is 0 Å². The summed E-state index contributed by atoms with van der Waals surface area (Å²) in [6.07, 6.45) is 7.31. The van der Waals surface area contributed by atoms with E-state index in [9.17, 15) is 4.79 Å².